The van der Waals surface area contributed by atoms with E-state index in [-0.39, 0.29) is 0 Å². The van der Waals surface area contributed by atoms with E-state index in [9.17, 15) is 0 Å². The molecule has 0 amide bonds. The van der Waals surface area contributed by atoms with Crippen LogP contribution in [0, 0.1) is 0 Å². The molecule has 1 heterocycles. The number of halogens is 1. The third-order valence-corrected chi connectivity index (χ3v) is 3.53. The quantitative estimate of drug-likeness (QED) is 0.875. The van der Waals surface area contributed by atoms with Gasteiger partial charge in [-0.1, -0.05) is 25.5 Å². The second kappa shape index (κ2) is 6.52. The number of rotatable bonds is 5. The minimum absolute atomic E-state index is 0.752. The van der Waals surface area contributed by atoms with Crippen molar-refractivity contribution in [3.8, 4) is 0 Å². The molecular weight excluding hydrogens is 304 g/mol. The van der Waals surface area contributed by atoms with Crippen LogP contribution in [0.5, 0.6) is 0 Å². The summed E-state index contributed by atoms with van der Waals surface area (Å²) < 4.78 is 0.829. The van der Waals surface area contributed by atoms with Crippen LogP contribution < -0.4 is 10.6 Å². The van der Waals surface area contributed by atoms with Crippen molar-refractivity contribution in [1.29, 1.82) is 0 Å². The van der Waals surface area contributed by atoms with E-state index in [0.717, 1.165) is 34.6 Å². The van der Waals surface area contributed by atoms with Crippen molar-refractivity contribution < 1.29 is 0 Å². The van der Waals surface area contributed by atoms with Gasteiger partial charge in [-0.15, -0.1) is 0 Å². The number of aryl methyl sites for hydroxylation is 1. The van der Waals surface area contributed by atoms with Gasteiger partial charge in [0.15, 0.2) is 0 Å². The Hall–Kier alpha value is -1.62. The summed E-state index contributed by atoms with van der Waals surface area (Å²) in [5, 5.41) is 6.29. The summed E-state index contributed by atoms with van der Waals surface area (Å²) in [4.78, 5) is 8.36. The van der Waals surface area contributed by atoms with Crippen LogP contribution in [0.25, 0.3) is 0 Å². The number of nitrogens with zero attached hydrogens (tertiary/aromatic N) is 2. The third kappa shape index (κ3) is 3.44. The molecule has 100 valence electrons. The number of nitrogens with one attached hydrogen (secondary N) is 2. The lowest BCUT2D eigenvalue weighted by atomic mass is 10.1. The van der Waals surface area contributed by atoms with Gasteiger partial charge in [0.1, 0.15) is 22.4 Å². The summed E-state index contributed by atoms with van der Waals surface area (Å²) in [6.07, 6.45) is 3.81. The Kier molecular flexibility index (Phi) is 4.74. The first-order chi connectivity index (χ1) is 9.24. The van der Waals surface area contributed by atoms with Crippen LogP contribution in [0.2, 0.25) is 0 Å². The molecule has 5 heteroatoms. The Morgan fingerprint density at radius 2 is 1.79 bits per heavy atom. The standard InChI is InChI=1S/C14H17BrN4/c1-3-4-10-5-7-11(8-6-10)19-14-12(15)13(16-2)17-9-18-14/h5-9H,3-4H2,1-2H3,(H2,16,17,18,19). The highest BCUT2D eigenvalue weighted by molar-refractivity contribution is 9.10. The predicted octanol–water partition coefficient (Wildman–Crippen LogP) is 3.98. The van der Waals surface area contributed by atoms with Crippen LogP contribution in [-0.4, -0.2) is 17.0 Å². The van der Waals surface area contributed by atoms with Gasteiger partial charge >= 0.3 is 0 Å². The second-order valence-electron chi connectivity index (χ2n) is 4.21. The smallest absolute Gasteiger partial charge is 0.150 e. The second-order valence-corrected chi connectivity index (χ2v) is 5.00. The number of hydrogen-bond donors (Lipinski definition) is 2. The maximum absolute atomic E-state index is 4.23. The zero-order valence-corrected chi connectivity index (χ0v) is 12.7. The van der Waals surface area contributed by atoms with Crippen LogP contribution in [0.3, 0.4) is 0 Å². The van der Waals surface area contributed by atoms with E-state index in [0.29, 0.717) is 0 Å². The molecule has 0 aliphatic heterocycles. The van der Waals surface area contributed by atoms with Crippen molar-refractivity contribution in [3.63, 3.8) is 0 Å². The molecule has 0 bridgehead atoms. The normalized spacial score (nSPS) is 10.3. The topological polar surface area (TPSA) is 49.8 Å². The average molecular weight is 321 g/mol. The van der Waals surface area contributed by atoms with Gasteiger partial charge < -0.3 is 10.6 Å². The Bertz CT molecular complexity index is 540. The molecule has 1 aromatic carbocycles. The summed E-state index contributed by atoms with van der Waals surface area (Å²) >= 11 is 3.49. The minimum Gasteiger partial charge on any atom is -0.372 e. The van der Waals surface area contributed by atoms with E-state index in [2.05, 4.69) is 67.7 Å². The molecule has 19 heavy (non-hydrogen) atoms. The van der Waals surface area contributed by atoms with Crippen LogP contribution in [0.1, 0.15) is 18.9 Å². The third-order valence-electron chi connectivity index (χ3n) is 2.78. The number of aromatic nitrogens is 2. The van der Waals surface area contributed by atoms with Crippen LogP contribution in [0.4, 0.5) is 17.3 Å². The Balaban J connectivity index is 2.16. The lowest BCUT2D eigenvalue weighted by Gasteiger charge is -2.10. The fraction of sp³-hybridized carbons (Fsp3) is 0.286. The molecule has 0 aliphatic rings. The Morgan fingerprint density at radius 3 is 2.42 bits per heavy atom. The van der Waals surface area contributed by atoms with Crippen molar-refractivity contribution in [2.45, 2.75) is 19.8 Å². The average Bonchev–Trinajstić information content (AvgIpc) is 2.43. The highest BCUT2D eigenvalue weighted by Gasteiger charge is 2.07. The first-order valence-electron chi connectivity index (χ1n) is 6.28. The van der Waals surface area contributed by atoms with Crippen LogP contribution in [-0.2, 0) is 6.42 Å². The molecular formula is C14H17BrN4. The van der Waals surface area contributed by atoms with Gasteiger partial charge in [0.05, 0.1) is 0 Å². The number of hydrogen-bond acceptors (Lipinski definition) is 4. The molecule has 0 radical (unpaired) electrons. The molecule has 2 N–H and O–H groups in total. The molecule has 0 aliphatic carbocycles. The van der Waals surface area contributed by atoms with Gasteiger partial charge in [-0.3, -0.25) is 0 Å². The molecule has 1 aromatic heterocycles. The van der Waals surface area contributed by atoms with E-state index in [1.807, 2.05) is 7.05 Å². The summed E-state index contributed by atoms with van der Waals surface area (Å²) in [7, 11) is 1.83. The molecule has 0 saturated carbocycles. The van der Waals surface area contributed by atoms with E-state index in [1.54, 1.807) is 0 Å². The fourth-order valence-corrected chi connectivity index (χ4v) is 2.31. The highest BCUT2D eigenvalue weighted by Crippen LogP contribution is 2.28. The summed E-state index contributed by atoms with van der Waals surface area (Å²) in [6.45, 7) is 2.18. The number of anilines is 3. The van der Waals surface area contributed by atoms with Crippen molar-refractivity contribution >= 4 is 33.3 Å². The van der Waals surface area contributed by atoms with Gasteiger partial charge in [0.25, 0.3) is 0 Å². The van der Waals surface area contributed by atoms with E-state index in [4.69, 9.17) is 0 Å². The lowest BCUT2D eigenvalue weighted by Crippen LogP contribution is -2.00. The van der Waals surface area contributed by atoms with E-state index < -0.39 is 0 Å². The zero-order valence-electron chi connectivity index (χ0n) is 11.1. The van der Waals surface area contributed by atoms with Gasteiger partial charge in [-0.05, 0) is 40.0 Å². The maximum Gasteiger partial charge on any atom is 0.150 e. The monoisotopic (exact) mass is 320 g/mol. The van der Waals surface area contributed by atoms with E-state index in [1.165, 1.54) is 11.9 Å². The molecule has 0 saturated heterocycles. The first-order valence-corrected chi connectivity index (χ1v) is 7.08. The fourth-order valence-electron chi connectivity index (χ4n) is 1.81. The predicted molar refractivity (Wildman–Crippen MR) is 83.0 cm³/mol. The molecule has 0 fully saturated rings. The zero-order chi connectivity index (χ0) is 13.7. The Labute approximate surface area is 121 Å². The Morgan fingerprint density at radius 1 is 1.11 bits per heavy atom. The van der Waals surface area contributed by atoms with Crippen LogP contribution >= 0.6 is 15.9 Å². The highest BCUT2D eigenvalue weighted by atomic mass is 79.9. The van der Waals surface area contributed by atoms with Crippen molar-refractivity contribution in [3.05, 3.63) is 40.6 Å². The summed E-state index contributed by atoms with van der Waals surface area (Å²) in [5.41, 5.74) is 2.37. The maximum atomic E-state index is 4.23. The summed E-state index contributed by atoms with van der Waals surface area (Å²) in [6, 6.07) is 8.41. The molecule has 2 aromatic rings. The first kappa shape index (κ1) is 13.8. The largest absolute Gasteiger partial charge is 0.372 e. The van der Waals surface area contributed by atoms with Gasteiger partial charge in [0.2, 0.25) is 0 Å². The van der Waals surface area contributed by atoms with Crippen molar-refractivity contribution in [1.82, 2.24) is 9.97 Å². The lowest BCUT2D eigenvalue weighted by molar-refractivity contribution is 0.922. The van der Waals surface area contributed by atoms with Gasteiger partial charge in [-0.25, -0.2) is 9.97 Å². The van der Waals surface area contributed by atoms with Gasteiger partial charge in [-0.2, -0.15) is 0 Å². The van der Waals surface area contributed by atoms with E-state index >= 15 is 0 Å². The van der Waals surface area contributed by atoms with Crippen molar-refractivity contribution in [2.24, 2.45) is 0 Å². The van der Waals surface area contributed by atoms with Crippen molar-refractivity contribution in [2.75, 3.05) is 17.7 Å². The summed E-state index contributed by atoms with van der Waals surface area (Å²) in [5.74, 6) is 1.52. The van der Waals surface area contributed by atoms with Gasteiger partial charge in [0, 0.05) is 12.7 Å². The SMILES string of the molecule is CCCc1ccc(Nc2ncnc(NC)c2Br)cc1. The molecule has 2 rings (SSSR count). The molecule has 0 unspecified atom stereocenters. The van der Waals surface area contributed by atoms with Crippen LogP contribution in [0.15, 0.2) is 35.1 Å². The number of benzene rings is 1. The molecule has 0 atom stereocenters. The molecule has 4 nitrogen and oxygen atoms in total. The molecule has 0 spiro atoms. The minimum atomic E-state index is 0.752.